The summed E-state index contributed by atoms with van der Waals surface area (Å²) in [6.45, 7) is 15.7. The lowest BCUT2D eigenvalue weighted by atomic mass is 9.78. The molecule has 2 aliphatic rings. The molecule has 0 spiro atoms. The van der Waals surface area contributed by atoms with Gasteiger partial charge in [0.25, 0.3) is 0 Å². The molecule has 5 heteroatoms. The van der Waals surface area contributed by atoms with Gasteiger partial charge in [-0.2, -0.15) is 0 Å². The fourth-order valence-electron chi connectivity index (χ4n) is 4.20. The Morgan fingerprint density at radius 2 is 1.92 bits per heavy atom. The molecule has 0 saturated carbocycles. The van der Waals surface area contributed by atoms with Crippen molar-refractivity contribution in [3.8, 4) is 0 Å². The van der Waals surface area contributed by atoms with Crippen molar-refractivity contribution >= 4 is 5.96 Å². The summed E-state index contributed by atoms with van der Waals surface area (Å²) in [5.41, 5.74) is 0.188. The monoisotopic (exact) mass is 352 g/mol. The van der Waals surface area contributed by atoms with E-state index in [1.54, 1.807) is 0 Å². The zero-order valence-corrected chi connectivity index (χ0v) is 17.1. The molecule has 146 valence electrons. The van der Waals surface area contributed by atoms with Gasteiger partial charge in [-0.3, -0.25) is 4.99 Å². The third kappa shape index (κ3) is 6.78. The summed E-state index contributed by atoms with van der Waals surface area (Å²) in [7, 11) is 1.86. The Morgan fingerprint density at radius 3 is 2.56 bits per heavy atom. The fourth-order valence-corrected chi connectivity index (χ4v) is 4.20. The SMILES string of the molecule is CN=C(NCC(C)CN1CCCC1)NCC1CCCOC1C(C)(C)C. The second-order valence-electron chi connectivity index (χ2n) is 9.01. The highest BCUT2D eigenvalue weighted by Gasteiger charge is 2.35. The summed E-state index contributed by atoms with van der Waals surface area (Å²) in [6, 6.07) is 0. The van der Waals surface area contributed by atoms with E-state index in [1.807, 2.05) is 7.05 Å². The van der Waals surface area contributed by atoms with Gasteiger partial charge in [0.15, 0.2) is 5.96 Å². The summed E-state index contributed by atoms with van der Waals surface area (Å²) in [4.78, 5) is 6.98. The maximum atomic E-state index is 6.09. The van der Waals surface area contributed by atoms with Crippen LogP contribution in [0.15, 0.2) is 4.99 Å². The van der Waals surface area contributed by atoms with E-state index in [-0.39, 0.29) is 5.41 Å². The Balaban J connectivity index is 1.73. The Morgan fingerprint density at radius 1 is 1.20 bits per heavy atom. The van der Waals surface area contributed by atoms with Crippen LogP contribution in [0.25, 0.3) is 0 Å². The van der Waals surface area contributed by atoms with Crippen LogP contribution in [0.3, 0.4) is 0 Å². The van der Waals surface area contributed by atoms with E-state index < -0.39 is 0 Å². The van der Waals surface area contributed by atoms with Crippen molar-refractivity contribution in [2.45, 2.75) is 59.5 Å². The van der Waals surface area contributed by atoms with Crippen LogP contribution in [-0.2, 0) is 4.74 Å². The number of aliphatic imine (C=N–C) groups is 1. The molecule has 2 heterocycles. The third-order valence-electron chi connectivity index (χ3n) is 5.44. The summed E-state index contributed by atoms with van der Waals surface area (Å²) in [5.74, 6) is 2.11. The molecule has 2 aliphatic heterocycles. The van der Waals surface area contributed by atoms with Gasteiger partial charge < -0.3 is 20.3 Å². The minimum absolute atomic E-state index is 0.188. The van der Waals surface area contributed by atoms with Gasteiger partial charge in [-0.1, -0.05) is 27.7 Å². The molecule has 0 aliphatic carbocycles. The molecule has 0 aromatic rings. The number of nitrogens with one attached hydrogen (secondary N) is 2. The first-order valence-corrected chi connectivity index (χ1v) is 10.2. The number of guanidine groups is 1. The van der Waals surface area contributed by atoms with Crippen LogP contribution in [0.4, 0.5) is 0 Å². The second-order valence-corrected chi connectivity index (χ2v) is 9.01. The minimum Gasteiger partial charge on any atom is -0.377 e. The molecule has 0 aromatic heterocycles. The lowest BCUT2D eigenvalue weighted by Gasteiger charge is -2.40. The molecule has 0 bridgehead atoms. The standard InChI is InChI=1S/C20H40N4O/c1-16(15-24-10-6-7-11-24)13-22-19(21-5)23-14-17-9-8-12-25-18(17)20(2,3)4/h16-18H,6-15H2,1-5H3,(H2,21,22,23). The van der Waals surface area contributed by atoms with E-state index in [4.69, 9.17) is 4.74 Å². The average Bonchev–Trinajstić information content (AvgIpc) is 3.07. The molecule has 2 rings (SSSR count). The third-order valence-corrected chi connectivity index (χ3v) is 5.44. The molecule has 2 fully saturated rings. The van der Waals surface area contributed by atoms with Crippen molar-refractivity contribution < 1.29 is 4.74 Å². The Bertz CT molecular complexity index is 412. The maximum absolute atomic E-state index is 6.09. The summed E-state index contributed by atoms with van der Waals surface area (Å²) >= 11 is 0. The van der Waals surface area contributed by atoms with Crippen LogP contribution < -0.4 is 10.6 Å². The van der Waals surface area contributed by atoms with E-state index in [1.165, 1.54) is 38.9 Å². The normalized spacial score (nSPS) is 27.3. The first kappa shape index (κ1) is 20.5. The highest BCUT2D eigenvalue weighted by molar-refractivity contribution is 5.79. The smallest absolute Gasteiger partial charge is 0.190 e. The Labute approximate surface area is 155 Å². The lowest BCUT2D eigenvalue weighted by molar-refractivity contribution is -0.0835. The van der Waals surface area contributed by atoms with E-state index in [9.17, 15) is 0 Å². The molecule has 0 aromatic carbocycles. The molecule has 3 atom stereocenters. The van der Waals surface area contributed by atoms with E-state index in [2.05, 4.69) is 48.2 Å². The van der Waals surface area contributed by atoms with Crippen molar-refractivity contribution in [2.75, 3.05) is 46.4 Å². The average molecular weight is 353 g/mol. The predicted octanol–water partition coefficient (Wildman–Crippen LogP) is 2.72. The summed E-state index contributed by atoms with van der Waals surface area (Å²) in [5, 5.41) is 7.04. The molecule has 5 nitrogen and oxygen atoms in total. The van der Waals surface area contributed by atoms with Crippen LogP contribution in [-0.4, -0.2) is 63.3 Å². The van der Waals surface area contributed by atoms with Crippen LogP contribution in [0, 0.1) is 17.3 Å². The summed E-state index contributed by atoms with van der Waals surface area (Å²) in [6.07, 6.45) is 5.44. The molecule has 0 radical (unpaired) electrons. The Hall–Kier alpha value is -0.810. The number of hydrogen-bond donors (Lipinski definition) is 2. The van der Waals surface area contributed by atoms with E-state index in [0.717, 1.165) is 32.1 Å². The zero-order valence-electron chi connectivity index (χ0n) is 17.1. The molecular weight excluding hydrogens is 312 g/mol. The molecular formula is C20H40N4O. The van der Waals surface area contributed by atoms with Gasteiger partial charge in [0.05, 0.1) is 6.10 Å². The van der Waals surface area contributed by atoms with Crippen LogP contribution >= 0.6 is 0 Å². The predicted molar refractivity (Wildman–Crippen MR) is 106 cm³/mol. The molecule has 2 saturated heterocycles. The fraction of sp³-hybridized carbons (Fsp3) is 0.950. The Kier molecular flexibility index (Phi) is 8.01. The maximum Gasteiger partial charge on any atom is 0.190 e. The van der Waals surface area contributed by atoms with Crippen molar-refractivity contribution in [1.82, 2.24) is 15.5 Å². The number of ether oxygens (including phenoxy) is 1. The molecule has 3 unspecified atom stereocenters. The molecule has 2 N–H and O–H groups in total. The number of likely N-dealkylation sites (tertiary alicyclic amines) is 1. The van der Waals surface area contributed by atoms with E-state index >= 15 is 0 Å². The van der Waals surface area contributed by atoms with Gasteiger partial charge in [0.1, 0.15) is 0 Å². The highest BCUT2D eigenvalue weighted by atomic mass is 16.5. The first-order valence-electron chi connectivity index (χ1n) is 10.2. The minimum atomic E-state index is 0.188. The van der Waals surface area contributed by atoms with E-state index in [0.29, 0.717) is 17.9 Å². The van der Waals surface area contributed by atoms with Gasteiger partial charge in [0.2, 0.25) is 0 Å². The highest BCUT2D eigenvalue weighted by Crippen LogP contribution is 2.33. The number of rotatable bonds is 6. The van der Waals surface area contributed by atoms with Gasteiger partial charge in [-0.25, -0.2) is 0 Å². The van der Waals surface area contributed by atoms with Crippen LogP contribution in [0.2, 0.25) is 0 Å². The topological polar surface area (TPSA) is 48.9 Å². The lowest BCUT2D eigenvalue weighted by Crippen LogP contribution is -2.48. The van der Waals surface area contributed by atoms with Crippen molar-refractivity contribution in [3.05, 3.63) is 0 Å². The largest absolute Gasteiger partial charge is 0.377 e. The molecule has 0 amide bonds. The summed E-state index contributed by atoms with van der Waals surface area (Å²) < 4.78 is 6.09. The zero-order chi connectivity index (χ0) is 18.3. The van der Waals surface area contributed by atoms with Crippen LogP contribution in [0.5, 0.6) is 0 Å². The van der Waals surface area contributed by atoms with Gasteiger partial charge in [0, 0.05) is 39.2 Å². The first-order chi connectivity index (χ1) is 11.9. The molecule has 25 heavy (non-hydrogen) atoms. The van der Waals surface area contributed by atoms with Crippen LogP contribution in [0.1, 0.15) is 53.4 Å². The number of hydrogen-bond acceptors (Lipinski definition) is 3. The van der Waals surface area contributed by atoms with Gasteiger partial charge >= 0.3 is 0 Å². The van der Waals surface area contributed by atoms with Crippen molar-refractivity contribution in [3.63, 3.8) is 0 Å². The quantitative estimate of drug-likeness (QED) is 0.570. The number of nitrogens with zero attached hydrogens (tertiary/aromatic N) is 2. The van der Waals surface area contributed by atoms with Crippen molar-refractivity contribution in [2.24, 2.45) is 22.2 Å². The van der Waals surface area contributed by atoms with Crippen molar-refractivity contribution in [1.29, 1.82) is 0 Å². The second kappa shape index (κ2) is 9.77. The van der Waals surface area contributed by atoms with Gasteiger partial charge in [-0.05, 0) is 50.1 Å². The van der Waals surface area contributed by atoms with Gasteiger partial charge in [-0.15, -0.1) is 0 Å².